The first kappa shape index (κ1) is 13.0. The van der Waals surface area contributed by atoms with Gasteiger partial charge in [0.2, 0.25) is 0 Å². The molecule has 96 valence electrons. The number of thiazole rings is 1. The van der Waals surface area contributed by atoms with Crippen molar-refractivity contribution in [1.29, 1.82) is 0 Å². The van der Waals surface area contributed by atoms with E-state index in [1.807, 2.05) is 17.5 Å². The van der Waals surface area contributed by atoms with E-state index in [-0.39, 0.29) is 0 Å². The highest BCUT2D eigenvalue weighted by Gasteiger charge is 2.23. The van der Waals surface area contributed by atoms with Crippen LogP contribution in [0.5, 0.6) is 0 Å². The summed E-state index contributed by atoms with van der Waals surface area (Å²) >= 11 is 1.84. The van der Waals surface area contributed by atoms with Gasteiger partial charge >= 0.3 is 0 Å². The first-order valence-electron chi connectivity index (χ1n) is 6.60. The van der Waals surface area contributed by atoms with Gasteiger partial charge in [0.05, 0.1) is 0 Å². The number of aromatic nitrogens is 1. The van der Waals surface area contributed by atoms with E-state index in [9.17, 15) is 0 Å². The second-order valence-corrected chi connectivity index (χ2v) is 6.23. The lowest BCUT2D eigenvalue weighted by molar-refractivity contribution is 0.268. The SMILES string of the molecule is CCc1cnc(CNC2CCN(C(C)C)C2)s1. The molecule has 2 heterocycles. The number of nitrogens with zero attached hydrogens (tertiary/aromatic N) is 2. The molecule has 0 aromatic carbocycles. The van der Waals surface area contributed by atoms with Crippen molar-refractivity contribution in [3.8, 4) is 0 Å². The van der Waals surface area contributed by atoms with Gasteiger partial charge in [-0.3, -0.25) is 4.90 Å². The van der Waals surface area contributed by atoms with Crippen molar-refractivity contribution in [2.45, 2.75) is 52.2 Å². The smallest absolute Gasteiger partial charge is 0.107 e. The van der Waals surface area contributed by atoms with Gasteiger partial charge in [0.1, 0.15) is 5.01 Å². The zero-order valence-corrected chi connectivity index (χ0v) is 11.9. The molecule has 1 fully saturated rings. The van der Waals surface area contributed by atoms with Gasteiger partial charge in [-0.05, 0) is 33.2 Å². The number of rotatable bonds is 5. The zero-order valence-electron chi connectivity index (χ0n) is 11.1. The third kappa shape index (κ3) is 3.50. The fourth-order valence-corrected chi connectivity index (χ4v) is 3.06. The van der Waals surface area contributed by atoms with E-state index in [1.165, 1.54) is 29.4 Å². The molecule has 0 saturated carbocycles. The van der Waals surface area contributed by atoms with Crippen molar-refractivity contribution < 1.29 is 0 Å². The van der Waals surface area contributed by atoms with Crippen LogP contribution in [0.25, 0.3) is 0 Å². The first-order valence-corrected chi connectivity index (χ1v) is 7.41. The minimum atomic E-state index is 0.645. The summed E-state index contributed by atoms with van der Waals surface area (Å²) in [6.07, 6.45) is 4.38. The summed E-state index contributed by atoms with van der Waals surface area (Å²) in [5.41, 5.74) is 0. The Kier molecular flexibility index (Phi) is 4.54. The van der Waals surface area contributed by atoms with Gasteiger partial charge in [-0.25, -0.2) is 4.98 Å². The van der Waals surface area contributed by atoms with E-state index >= 15 is 0 Å². The van der Waals surface area contributed by atoms with Crippen molar-refractivity contribution in [3.05, 3.63) is 16.1 Å². The quantitative estimate of drug-likeness (QED) is 0.872. The van der Waals surface area contributed by atoms with Gasteiger partial charge < -0.3 is 5.32 Å². The molecular formula is C13H23N3S. The number of hydrogen-bond donors (Lipinski definition) is 1. The van der Waals surface area contributed by atoms with E-state index in [2.05, 4.69) is 36.0 Å². The molecule has 1 aromatic rings. The average Bonchev–Trinajstić information content (AvgIpc) is 2.95. The molecule has 3 nitrogen and oxygen atoms in total. The lowest BCUT2D eigenvalue weighted by Crippen LogP contribution is -2.34. The lowest BCUT2D eigenvalue weighted by atomic mass is 10.2. The fraction of sp³-hybridized carbons (Fsp3) is 0.769. The van der Waals surface area contributed by atoms with Crippen LogP contribution < -0.4 is 5.32 Å². The van der Waals surface area contributed by atoms with Crippen molar-refractivity contribution in [3.63, 3.8) is 0 Å². The van der Waals surface area contributed by atoms with Crippen molar-refractivity contribution in [2.24, 2.45) is 0 Å². The molecule has 17 heavy (non-hydrogen) atoms. The van der Waals surface area contributed by atoms with E-state index in [1.54, 1.807) is 0 Å². The van der Waals surface area contributed by atoms with Crippen molar-refractivity contribution in [1.82, 2.24) is 15.2 Å². The topological polar surface area (TPSA) is 28.2 Å². The molecule has 1 N–H and O–H groups in total. The van der Waals surface area contributed by atoms with Gasteiger partial charge in [0, 0.05) is 36.2 Å². The second-order valence-electron chi connectivity index (χ2n) is 5.03. The summed E-state index contributed by atoms with van der Waals surface area (Å²) in [7, 11) is 0. The van der Waals surface area contributed by atoms with E-state index in [4.69, 9.17) is 0 Å². The molecule has 0 aliphatic carbocycles. The third-order valence-corrected chi connectivity index (χ3v) is 4.58. The summed E-state index contributed by atoms with van der Waals surface area (Å²) < 4.78 is 0. The van der Waals surface area contributed by atoms with Crippen molar-refractivity contribution in [2.75, 3.05) is 13.1 Å². The molecule has 2 rings (SSSR count). The Morgan fingerprint density at radius 2 is 2.41 bits per heavy atom. The second kappa shape index (κ2) is 5.94. The highest BCUT2D eigenvalue weighted by molar-refractivity contribution is 7.11. The molecule has 1 aliphatic heterocycles. The van der Waals surface area contributed by atoms with Gasteiger partial charge in [0.15, 0.2) is 0 Å². The van der Waals surface area contributed by atoms with Gasteiger partial charge in [-0.2, -0.15) is 0 Å². The van der Waals surface area contributed by atoms with Crippen LogP contribution in [0.15, 0.2) is 6.20 Å². The van der Waals surface area contributed by atoms with Crippen LogP contribution in [0.1, 0.15) is 37.1 Å². The van der Waals surface area contributed by atoms with Crippen LogP contribution in [-0.2, 0) is 13.0 Å². The minimum absolute atomic E-state index is 0.645. The molecule has 0 bridgehead atoms. The Balaban J connectivity index is 1.76. The lowest BCUT2D eigenvalue weighted by Gasteiger charge is -2.20. The normalized spacial score (nSPS) is 21.5. The predicted molar refractivity (Wildman–Crippen MR) is 73.4 cm³/mol. The molecule has 4 heteroatoms. The summed E-state index contributed by atoms with van der Waals surface area (Å²) in [4.78, 5) is 8.37. The summed E-state index contributed by atoms with van der Waals surface area (Å²) in [6.45, 7) is 10.1. The number of aryl methyl sites for hydroxylation is 1. The molecule has 1 atom stereocenters. The standard InChI is InChI=1S/C13H23N3S/c1-4-12-7-15-13(17-12)8-14-11-5-6-16(9-11)10(2)3/h7,10-11,14H,4-6,8-9H2,1-3H3. The first-order chi connectivity index (χ1) is 8.19. The Labute approximate surface area is 108 Å². The highest BCUT2D eigenvalue weighted by atomic mass is 32.1. The largest absolute Gasteiger partial charge is 0.306 e. The van der Waals surface area contributed by atoms with Gasteiger partial charge in [-0.15, -0.1) is 11.3 Å². The molecular weight excluding hydrogens is 230 g/mol. The molecule has 0 amide bonds. The maximum absolute atomic E-state index is 4.44. The van der Waals surface area contributed by atoms with E-state index < -0.39 is 0 Å². The fourth-order valence-electron chi connectivity index (χ4n) is 2.25. The average molecular weight is 253 g/mol. The molecule has 0 radical (unpaired) electrons. The van der Waals surface area contributed by atoms with Crippen LogP contribution in [0.3, 0.4) is 0 Å². The zero-order chi connectivity index (χ0) is 12.3. The molecule has 1 saturated heterocycles. The molecule has 1 aliphatic rings. The Morgan fingerprint density at radius 3 is 3.00 bits per heavy atom. The van der Waals surface area contributed by atoms with Crippen molar-refractivity contribution >= 4 is 11.3 Å². The maximum Gasteiger partial charge on any atom is 0.107 e. The third-order valence-electron chi connectivity index (χ3n) is 3.44. The van der Waals surface area contributed by atoms with Gasteiger partial charge in [0.25, 0.3) is 0 Å². The molecule has 0 spiro atoms. The summed E-state index contributed by atoms with van der Waals surface area (Å²) in [5.74, 6) is 0. The molecule has 1 unspecified atom stereocenters. The van der Waals surface area contributed by atoms with Crippen LogP contribution >= 0.6 is 11.3 Å². The Morgan fingerprint density at radius 1 is 1.59 bits per heavy atom. The number of likely N-dealkylation sites (tertiary alicyclic amines) is 1. The predicted octanol–water partition coefficient (Wildman–Crippen LogP) is 2.28. The molecule has 1 aromatic heterocycles. The number of nitrogens with one attached hydrogen (secondary N) is 1. The Hall–Kier alpha value is -0.450. The highest BCUT2D eigenvalue weighted by Crippen LogP contribution is 2.15. The minimum Gasteiger partial charge on any atom is -0.306 e. The summed E-state index contributed by atoms with van der Waals surface area (Å²) in [6, 6.07) is 1.32. The van der Waals surface area contributed by atoms with Crippen LogP contribution in [0, 0.1) is 0 Å². The summed E-state index contributed by atoms with van der Waals surface area (Å²) in [5, 5.41) is 4.85. The Bertz CT molecular complexity index is 348. The van der Waals surface area contributed by atoms with Crippen LogP contribution in [0.2, 0.25) is 0 Å². The number of hydrogen-bond acceptors (Lipinski definition) is 4. The monoisotopic (exact) mass is 253 g/mol. The van der Waals surface area contributed by atoms with E-state index in [0.717, 1.165) is 13.0 Å². The maximum atomic E-state index is 4.44. The van der Waals surface area contributed by atoms with Crippen LogP contribution in [0.4, 0.5) is 0 Å². The van der Waals surface area contributed by atoms with Crippen LogP contribution in [-0.4, -0.2) is 35.1 Å². The van der Waals surface area contributed by atoms with E-state index in [0.29, 0.717) is 12.1 Å². The van der Waals surface area contributed by atoms with Gasteiger partial charge in [-0.1, -0.05) is 6.92 Å².